The van der Waals surface area contributed by atoms with Crippen molar-refractivity contribution in [3.8, 4) is 11.5 Å². The molecule has 1 aromatic heterocycles. The minimum atomic E-state index is -2.70. The van der Waals surface area contributed by atoms with E-state index < -0.39 is 24.6 Å². The summed E-state index contributed by atoms with van der Waals surface area (Å²) >= 11 is 1.31. The molecule has 1 saturated carbocycles. The average molecular weight is 522 g/mol. The Morgan fingerprint density at radius 3 is 2.61 bits per heavy atom. The Hall–Kier alpha value is -2.82. The van der Waals surface area contributed by atoms with Crippen LogP contribution in [0.5, 0.6) is 11.5 Å². The molecule has 194 valence electrons. The highest BCUT2D eigenvalue weighted by Gasteiger charge is 2.30. The first-order chi connectivity index (χ1) is 17.3. The van der Waals surface area contributed by atoms with Gasteiger partial charge in [0, 0.05) is 6.42 Å². The summed E-state index contributed by atoms with van der Waals surface area (Å²) in [6.07, 6.45) is -0.536. The number of carboxylic acid groups (broad SMARTS) is 1. The van der Waals surface area contributed by atoms with Crippen molar-refractivity contribution in [2.24, 2.45) is 0 Å². The number of aromatic carboxylic acids is 1. The lowest BCUT2D eigenvalue weighted by Gasteiger charge is -2.27. The maximum absolute atomic E-state index is 13.3. The van der Waals surface area contributed by atoms with Gasteiger partial charge in [0.2, 0.25) is 0 Å². The maximum Gasteiger partial charge on any atom is 0.338 e. The van der Waals surface area contributed by atoms with Gasteiger partial charge in [0.15, 0.2) is 0 Å². The third kappa shape index (κ3) is 5.77. The van der Waals surface area contributed by atoms with E-state index in [1.54, 1.807) is 6.07 Å². The predicted octanol–water partition coefficient (Wildman–Crippen LogP) is 5.94. The second-order valence-electron chi connectivity index (χ2n) is 8.70. The third-order valence-corrected chi connectivity index (χ3v) is 7.31. The van der Waals surface area contributed by atoms with Gasteiger partial charge in [-0.05, 0) is 49.6 Å². The van der Waals surface area contributed by atoms with E-state index in [1.807, 2.05) is 6.92 Å². The topological polar surface area (TPSA) is 98.1 Å². The molecule has 7 nitrogen and oxygen atoms in total. The molecule has 0 unspecified atom stereocenters. The fourth-order valence-electron chi connectivity index (χ4n) is 4.54. The van der Waals surface area contributed by atoms with Crippen LogP contribution in [0.3, 0.4) is 0 Å². The number of hydrogen-bond acceptors (Lipinski definition) is 7. The van der Waals surface area contributed by atoms with E-state index in [0.29, 0.717) is 33.1 Å². The largest absolute Gasteiger partial charge is 0.496 e. The number of aliphatic hydroxyl groups excluding tert-OH is 1. The Labute approximate surface area is 211 Å². The van der Waals surface area contributed by atoms with Gasteiger partial charge in [0.1, 0.15) is 17.6 Å². The number of ether oxygens (including phenoxy) is 3. The fourth-order valence-corrected chi connectivity index (χ4v) is 5.60. The van der Waals surface area contributed by atoms with Crippen LogP contribution in [0.25, 0.3) is 10.2 Å². The van der Waals surface area contributed by atoms with Gasteiger partial charge < -0.3 is 24.4 Å². The van der Waals surface area contributed by atoms with Crippen LogP contribution in [0, 0.1) is 0 Å². The number of rotatable bonds is 11. The number of carbonyl (C=O) groups is 1. The minimum Gasteiger partial charge on any atom is -0.496 e. The Kier molecular flexibility index (Phi) is 8.38. The molecule has 1 aliphatic rings. The molecule has 1 fully saturated rings. The van der Waals surface area contributed by atoms with Gasteiger partial charge in [0.25, 0.3) is 6.43 Å². The number of thiazole rings is 1. The van der Waals surface area contributed by atoms with Crippen LogP contribution >= 0.6 is 11.3 Å². The van der Waals surface area contributed by atoms with Crippen LogP contribution in [-0.2, 0) is 11.2 Å². The highest BCUT2D eigenvalue weighted by atomic mass is 32.1. The van der Waals surface area contributed by atoms with Gasteiger partial charge in [0.05, 0.1) is 52.3 Å². The van der Waals surface area contributed by atoms with Crippen molar-refractivity contribution in [2.75, 3.05) is 13.7 Å². The van der Waals surface area contributed by atoms with Crippen LogP contribution in [0.2, 0.25) is 0 Å². The van der Waals surface area contributed by atoms with E-state index in [9.17, 15) is 23.8 Å². The van der Waals surface area contributed by atoms with Crippen LogP contribution in [-0.4, -0.2) is 47.1 Å². The van der Waals surface area contributed by atoms with E-state index in [4.69, 9.17) is 14.2 Å². The number of halogens is 2. The van der Waals surface area contributed by atoms with Gasteiger partial charge in [-0.3, -0.25) is 0 Å². The van der Waals surface area contributed by atoms with Gasteiger partial charge in [-0.15, -0.1) is 11.3 Å². The van der Waals surface area contributed by atoms with E-state index in [0.717, 1.165) is 25.7 Å². The van der Waals surface area contributed by atoms with Crippen molar-refractivity contribution in [3.05, 3.63) is 52.0 Å². The van der Waals surface area contributed by atoms with Gasteiger partial charge in [-0.2, -0.15) is 0 Å². The molecule has 4 rings (SSSR count). The first kappa shape index (κ1) is 26.2. The standard InChI is InChI=1S/C26H29F2NO6S/c1-3-34-16-11-18(26(31)32)23-21(12-16)36-22(29-23)13-20(35-15-6-4-5-7-15)24(30)14-8-9-17(25(27)28)19(10-14)33-2/h8-12,15,20,24-25,30H,3-7,13H2,1-2H3,(H,31,32)/t20-,24+/m0/s1. The number of hydrogen-bond donors (Lipinski definition) is 2. The van der Waals surface area contributed by atoms with Crippen molar-refractivity contribution in [1.29, 1.82) is 0 Å². The highest BCUT2D eigenvalue weighted by molar-refractivity contribution is 7.18. The molecule has 0 saturated heterocycles. The van der Waals surface area contributed by atoms with Crippen molar-refractivity contribution in [3.63, 3.8) is 0 Å². The number of benzene rings is 2. The third-order valence-electron chi connectivity index (χ3n) is 6.29. The maximum atomic E-state index is 13.3. The molecule has 2 N–H and O–H groups in total. The van der Waals surface area contributed by atoms with Crippen LogP contribution in [0.15, 0.2) is 30.3 Å². The molecule has 0 radical (unpaired) electrons. The SMILES string of the molecule is CCOc1cc(C(=O)O)c2nc(C[C@H](OC3CCCC3)[C@H](O)c3ccc(C(F)F)c(OC)c3)sc2c1. The Morgan fingerprint density at radius 2 is 1.97 bits per heavy atom. The Bertz CT molecular complexity index is 1210. The van der Waals surface area contributed by atoms with E-state index in [-0.39, 0.29) is 29.4 Å². The molecule has 0 bridgehead atoms. The van der Waals surface area contributed by atoms with Crippen molar-refractivity contribution in [2.45, 2.75) is 63.8 Å². The quantitative estimate of drug-likeness (QED) is 0.322. The predicted molar refractivity (Wildman–Crippen MR) is 131 cm³/mol. The molecular formula is C26H29F2NO6S. The van der Waals surface area contributed by atoms with Gasteiger partial charge in [-0.1, -0.05) is 18.9 Å². The number of alkyl halides is 2. The second kappa shape index (κ2) is 11.5. The minimum absolute atomic E-state index is 0.00397. The zero-order valence-electron chi connectivity index (χ0n) is 20.1. The molecular weight excluding hydrogens is 492 g/mol. The summed E-state index contributed by atoms with van der Waals surface area (Å²) in [5, 5.41) is 21.6. The number of fused-ring (bicyclic) bond motifs is 1. The smallest absolute Gasteiger partial charge is 0.338 e. The van der Waals surface area contributed by atoms with E-state index >= 15 is 0 Å². The Morgan fingerprint density at radius 1 is 1.22 bits per heavy atom. The molecule has 36 heavy (non-hydrogen) atoms. The van der Waals surface area contributed by atoms with E-state index in [2.05, 4.69) is 4.98 Å². The lowest BCUT2D eigenvalue weighted by atomic mass is 9.99. The summed E-state index contributed by atoms with van der Waals surface area (Å²) in [6, 6.07) is 7.32. The summed E-state index contributed by atoms with van der Waals surface area (Å²) in [7, 11) is 1.31. The van der Waals surface area contributed by atoms with Crippen LogP contribution in [0.1, 0.15) is 71.6 Å². The van der Waals surface area contributed by atoms with E-state index in [1.165, 1.54) is 42.7 Å². The number of aromatic nitrogens is 1. The molecule has 3 aromatic rings. The number of carboxylic acids is 1. The molecule has 10 heteroatoms. The lowest BCUT2D eigenvalue weighted by molar-refractivity contribution is -0.0753. The Balaban J connectivity index is 1.67. The number of aliphatic hydroxyl groups is 1. The summed E-state index contributed by atoms with van der Waals surface area (Å²) in [5.74, 6) is -0.665. The van der Waals surface area contributed by atoms with Crippen LogP contribution < -0.4 is 9.47 Å². The normalized spacial score (nSPS) is 15.9. The van der Waals surface area contributed by atoms with Gasteiger partial charge in [-0.25, -0.2) is 18.6 Å². The zero-order chi connectivity index (χ0) is 25.8. The summed E-state index contributed by atoms with van der Waals surface area (Å²) in [6.45, 7) is 2.21. The van der Waals surface area contributed by atoms with Crippen molar-refractivity contribution >= 4 is 27.5 Å². The first-order valence-electron chi connectivity index (χ1n) is 11.9. The van der Waals surface area contributed by atoms with Gasteiger partial charge >= 0.3 is 5.97 Å². The molecule has 1 aliphatic carbocycles. The first-order valence-corrected chi connectivity index (χ1v) is 12.7. The molecule has 1 heterocycles. The zero-order valence-corrected chi connectivity index (χ0v) is 20.9. The highest BCUT2D eigenvalue weighted by Crippen LogP contribution is 2.36. The molecule has 2 aromatic carbocycles. The second-order valence-corrected chi connectivity index (χ2v) is 9.81. The van der Waals surface area contributed by atoms with Crippen LogP contribution in [0.4, 0.5) is 8.78 Å². The number of nitrogens with zero attached hydrogens (tertiary/aromatic N) is 1. The van der Waals surface area contributed by atoms with Crippen molar-refractivity contribution < 1.29 is 38.0 Å². The summed E-state index contributed by atoms with van der Waals surface area (Å²) in [4.78, 5) is 16.4. The summed E-state index contributed by atoms with van der Waals surface area (Å²) < 4.78 is 44.2. The van der Waals surface area contributed by atoms with Crippen molar-refractivity contribution in [1.82, 2.24) is 4.98 Å². The monoisotopic (exact) mass is 521 g/mol. The average Bonchev–Trinajstić information content (AvgIpc) is 3.51. The lowest BCUT2D eigenvalue weighted by Crippen LogP contribution is -2.29. The fraction of sp³-hybridized carbons (Fsp3) is 0.462. The molecule has 0 spiro atoms. The molecule has 0 aliphatic heterocycles. The molecule has 0 amide bonds. The number of methoxy groups -OCH3 is 1. The summed E-state index contributed by atoms with van der Waals surface area (Å²) in [5.41, 5.74) is 0.534. The molecule has 2 atom stereocenters.